The van der Waals surface area contributed by atoms with Crippen LogP contribution in [0, 0.1) is 15.9 Å². The molecule has 0 bridgehead atoms. The molecular formula is C17H13FN2O3S. The zero-order valence-corrected chi connectivity index (χ0v) is 13.3. The monoisotopic (exact) mass is 344 g/mol. The van der Waals surface area contributed by atoms with E-state index in [0.717, 1.165) is 4.70 Å². The number of amides is 1. The smallest absolute Gasteiger partial charge is 0.270 e. The van der Waals surface area contributed by atoms with Gasteiger partial charge in [-0.3, -0.25) is 14.9 Å². The first kappa shape index (κ1) is 16.1. The largest absolute Gasteiger partial charge is 0.351 e. The van der Waals surface area contributed by atoms with E-state index in [2.05, 4.69) is 5.32 Å². The third-order valence-corrected chi connectivity index (χ3v) is 4.69. The molecule has 0 saturated carbocycles. The molecule has 5 nitrogen and oxygen atoms in total. The van der Waals surface area contributed by atoms with Crippen molar-refractivity contribution in [1.82, 2.24) is 5.32 Å². The van der Waals surface area contributed by atoms with Gasteiger partial charge in [0.05, 0.1) is 9.80 Å². The van der Waals surface area contributed by atoms with E-state index in [-0.39, 0.29) is 17.4 Å². The van der Waals surface area contributed by atoms with Crippen molar-refractivity contribution in [1.29, 1.82) is 0 Å². The molecule has 2 aromatic carbocycles. The number of non-ortho nitro benzene ring substituents is 1. The first-order chi connectivity index (χ1) is 11.5. The van der Waals surface area contributed by atoms with Gasteiger partial charge in [0.15, 0.2) is 0 Å². The average Bonchev–Trinajstić information content (AvgIpc) is 2.99. The maximum absolute atomic E-state index is 13.5. The van der Waals surface area contributed by atoms with Crippen molar-refractivity contribution in [3.63, 3.8) is 0 Å². The van der Waals surface area contributed by atoms with Gasteiger partial charge < -0.3 is 5.32 Å². The van der Waals surface area contributed by atoms with Gasteiger partial charge in [-0.2, -0.15) is 0 Å². The topological polar surface area (TPSA) is 72.2 Å². The molecular weight excluding hydrogens is 331 g/mol. The van der Waals surface area contributed by atoms with Crippen molar-refractivity contribution in [3.05, 3.63) is 74.9 Å². The zero-order valence-electron chi connectivity index (χ0n) is 12.5. The number of carbonyl (C=O) groups excluding carboxylic acids is 1. The molecule has 0 atom stereocenters. The standard InChI is InChI=1S/C17H13FN2O3S/c18-14-4-2-1-3-11(14)7-8-19-17(21)16-10-12-9-13(20(22)23)5-6-15(12)24-16/h1-6,9-10H,7-8H2,(H,19,21). The maximum atomic E-state index is 13.5. The Bertz CT molecular complexity index is 923. The fourth-order valence-corrected chi connectivity index (χ4v) is 3.31. The number of nitro groups is 1. The van der Waals surface area contributed by atoms with Crippen LogP contribution in [0.4, 0.5) is 10.1 Å². The lowest BCUT2D eigenvalue weighted by Crippen LogP contribution is -2.25. The number of halogens is 1. The van der Waals surface area contributed by atoms with E-state index in [1.54, 1.807) is 30.3 Å². The second kappa shape index (κ2) is 6.76. The number of benzene rings is 2. The van der Waals surface area contributed by atoms with Crippen molar-refractivity contribution in [2.75, 3.05) is 6.54 Å². The van der Waals surface area contributed by atoms with Crippen LogP contribution < -0.4 is 5.32 Å². The summed E-state index contributed by atoms with van der Waals surface area (Å²) in [5, 5.41) is 14.2. The molecule has 0 fully saturated rings. The summed E-state index contributed by atoms with van der Waals surface area (Å²) in [6, 6.07) is 12.6. The summed E-state index contributed by atoms with van der Waals surface area (Å²) < 4.78 is 14.3. The summed E-state index contributed by atoms with van der Waals surface area (Å²) in [4.78, 5) is 23.0. The number of rotatable bonds is 5. The Hall–Kier alpha value is -2.80. The number of carbonyl (C=O) groups is 1. The third kappa shape index (κ3) is 3.41. The fourth-order valence-electron chi connectivity index (χ4n) is 2.36. The molecule has 1 aromatic heterocycles. The molecule has 0 radical (unpaired) electrons. The van der Waals surface area contributed by atoms with Gasteiger partial charge in [-0.15, -0.1) is 11.3 Å². The summed E-state index contributed by atoms with van der Waals surface area (Å²) in [5.41, 5.74) is 0.538. The van der Waals surface area contributed by atoms with Crippen LogP contribution in [0.15, 0.2) is 48.5 Å². The lowest BCUT2D eigenvalue weighted by atomic mass is 10.1. The summed E-state index contributed by atoms with van der Waals surface area (Å²) in [5.74, 6) is -0.559. The maximum Gasteiger partial charge on any atom is 0.270 e. The number of nitrogens with one attached hydrogen (secondary N) is 1. The van der Waals surface area contributed by atoms with Gasteiger partial charge in [0.25, 0.3) is 11.6 Å². The molecule has 0 unspecified atom stereocenters. The van der Waals surface area contributed by atoms with Crippen LogP contribution in [0.1, 0.15) is 15.2 Å². The minimum Gasteiger partial charge on any atom is -0.351 e. The number of hydrogen-bond acceptors (Lipinski definition) is 4. The molecule has 1 amide bonds. The van der Waals surface area contributed by atoms with Crippen LogP contribution >= 0.6 is 11.3 Å². The zero-order chi connectivity index (χ0) is 17.1. The molecule has 1 N–H and O–H groups in total. The van der Waals surface area contributed by atoms with Crippen LogP contribution in [0.2, 0.25) is 0 Å². The fraction of sp³-hybridized carbons (Fsp3) is 0.118. The highest BCUT2D eigenvalue weighted by Gasteiger charge is 2.13. The normalized spacial score (nSPS) is 10.7. The van der Waals surface area contributed by atoms with Crippen molar-refractivity contribution in [3.8, 4) is 0 Å². The van der Waals surface area contributed by atoms with Crippen LogP contribution in [-0.2, 0) is 6.42 Å². The molecule has 0 saturated heterocycles. The Morgan fingerprint density at radius 3 is 2.75 bits per heavy atom. The molecule has 3 rings (SSSR count). The first-order valence-corrected chi connectivity index (χ1v) is 8.06. The van der Waals surface area contributed by atoms with Gasteiger partial charge in [0.1, 0.15) is 5.82 Å². The molecule has 0 aliphatic rings. The van der Waals surface area contributed by atoms with Crippen molar-refractivity contribution in [2.45, 2.75) is 6.42 Å². The number of hydrogen-bond donors (Lipinski definition) is 1. The van der Waals surface area contributed by atoms with E-state index < -0.39 is 4.92 Å². The van der Waals surface area contributed by atoms with Crippen molar-refractivity contribution in [2.24, 2.45) is 0 Å². The Balaban J connectivity index is 1.67. The summed E-state index contributed by atoms with van der Waals surface area (Å²) in [7, 11) is 0. The van der Waals surface area contributed by atoms with Crippen LogP contribution in [0.25, 0.3) is 10.1 Å². The van der Waals surface area contributed by atoms with E-state index in [1.165, 1.54) is 29.5 Å². The summed E-state index contributed by atoms with van der Waals surface area (Å²) in [6.45, 7) is 0.314. The minimum absolute atomic E-state index is 0.00758. The van der Waals surface area contributed by atoms with Crippen LogP contribution in [-0.4, -0.2) is 17.4 Å². The van der Waals surface area contributed by atoms with E-state index in [1.807, 2.05) is 0 Å². The number of nitrogens with zero attached hydrogens (tertiary/aromatic N) is 1. The highest BCUT2D eigenvalue weighted by atomic mass is 32.1. The van der Waals surface area contributed by atoms with Gasteiger partial charge in [-0.25, -0.2) is 4.39 Å². The second-order valence-electron chi connectivity index (χ2n) is 5.19. The second-order valence-corrected chi connectivity index (χ2v) is 6.27. The molecule has 1 heterocycles. The molecule has 7 heteroatoms. The van der Waals surface area contributed by atoms with Gasteiger partial charge >= 0.3 is 0 Å². The lowest BCUT2D eigenvalue weighted by Gasteiger charge is -2.04. The van der Waals surface area contributed by atoms with Gasteiger partial charge in [0.2, 0.25) is 0 Å². The quantitative estimate of drug-likeness (QED) is 0.563. The van der Waals surface area contributed by atoms with E-state index in [0.29, 0.717) is 28.8 Å². The van der Waals surface area contributed by atoms with Crippen molar-refractivity contribution >= 4 is 33.0 Å². The summed E-state index contributed by atoms with van der Waals surface area (Å²) >= 11 is 1.27. The van der Waals surface area contributed by atoms with Gasteiger partial charge in [-0.05, 0) is 30.2 Å². The molecule has 3 aromatic rings. The third-order valence-electron chi connectivity index (χ3n) is 3.57. The predicted molar refractivity (Wildman–Crippen MR) is 90.9 cm³/mol. The molecule has 0 aliphatic carbocycles. The van der Waals surface area contributed by atoms with E-state index in [4.69, 9.17) is 0 Å². The Labute approximate surface area is 140 Å². The summed E-state index contributed by atoms with van der Waals surface area (Å²) in [6.07, 6.45) is 0.398. The molecule has 24 heavy (non-hydrogen) atoms. The lowest BCUT2D eigenvalue weighted by molar-refractivity contribution is -0.384. The molecule has 0 aliphatic heterocycles. The van der Waals surface area contributed by atoms with E-state index in [9.17, 15) is 19.3 Å². The number of nitro benzene ring substituents is 1. The van der Waals surface area contributed by atoms with Crippen molar-refractivity contribution < 1.29 is 14.1 Å². The highest BCUT2D eigenvalue weighted by Crippen LogP contribution is 2.28. The van der Waals surface area contributed by atoms with Gasteiger partial charge in [-0.1, -0.05) is 18.2 Å². The van der Waals surface area contributed by atoms with Crippen LogP contribution in [0.3, 0.4) is 0 Å². The van der Waals surface area contributed by atoms with Gasteiger partial charge in [0, 0.05) is 28.8 Å². The Morgan fingerprint density at radius 1 is 1.21 bits per heavy atom. The average molecular weight is 344 g/mol. The number of fused-ring (bicyclic) bond motifs is 1. The van der Waals surface area contributed by atoms with E-state index >= 15 is 0 Å². The SMILES string of the molecule is O=C(NCCc1ccccc1F)c1cc2cc([N+](=O)[O-])ccc2s1. The molecule has 122 valence electrons. The Kier molecular flexibility index (Phi) is 4.52. The minimum atomic E-state index is -0.467. The van der Waals surface area contributed by atoms with Crippen LogP contribution in [0.5, 0.6) is 0 Å². The predicted octanol–water partition coefficient (Wildman–Crippen LogP) is 3.92. The first-order valence-electron chi connectivity index (χ1n) is 7.24. The number of thiophene rings is 1. The molecule has 0 spiro atoms. The highest BCUT2D eigenvalue weighted by molar-refractivity contribution is 7.20. The Morgan fingerprint density at radius 2 is 2.00 bits per heavy atom.